The quantitative estimate of drug-likeness (QED) is 0.486. The van der Waals surface area contributed by atoms with Gasteiger partial charge in [0.1, 0.15) is 0 Å². The number of pyridine rings is 1. The number of hydrogen-bond donors (Lipinski definition) is 0. The molecule has 0 N–H and O–H groups in total. The van der Waals surface area contributed by atoms with Crippen molar-refractivity contribution >= 4 is 23.4 Å². The Morgan fingerprint density at radius 2 is 1.83 bits per heavy atom. The van der Waals surface area contributed by atoms with Crippen molar-refractivity contribution in [2.75, 3.05) is 11.4 Å². The van der Waals surface area contributed by atoms with Crippen molar-refractivity contribution in [3.8, 4) is 22.8 Å². The van der Waals surface area contributed by atoms with Gasteiger partial charge in [0, 0.05) is 39.9 Å². The summed E-state index contributed by atoms with van der Waals surface area (Å²) in [6, 6.07) is 17.2. The molecule has 0 saturated carbocycles. The number of amides is 1. The molecule has 0 aliphatic carbocycles. The third-order valence-electron chi connectivity index (χ3n) is 4.76. The highest BCUT2D eigenvalue weighted by atomic mass is 32.2. The van der Waals surface area contributed by atoms with Gasteiger partial charge in [0.05, 0.1) is 11.3 Å². The summed E-state index contributed by atoms with van der Waals surface area (Å²) in [6.07, 6.45) is 3.37. The van der Waals surface area contributed by atoms with E-state index in [1.54, 1.807) is 29.1 Å². The van der Waals surface area contributed by atoms with Crippen molar-refractivity contribution in [1.29, 1.82) is 0 Å². The average molecular weight is 400 g/mol. The Labute approximate surface area is 171 Å². The maximum Gasteiger partial charge on any atom is 0.259 e. The van der Waals surface area contributed by atoms with E-state index in [-0.39, 0.29) is 5.91 Å². The summed E-state index contributed by atoms with van der Waals surface area (Å²) >= 11 is 1.58. The van der Waals surface area contributed by atoms with Crippen LogP contribution in [0.5, 0.6) is 0 Å². The minimum absolute atomic E-state index is 0.0154. The molecule has 29 heavy (non-hydrogen) atoms. The fourth-order valence-corrected chi connectivity index (χ4v) is 4.45. The summed E-state index contributed by atoms with van der Waals surface area (Å²) in [7, 11) is 0. The number of anilines is 1. The van der Waals surface area contributed by atoms with Crippen molar-refractivity contribution in [3.05, 3.63) is 72.6 Å². The van der Waals surface area contributed by atoms with Crippen LogP contribution in [0.1, 0.15) is 17.3 Å². The molecule has 142 valence electrons. The van der Waals surface area contributed by atoms with E-state index < -0.39 is 0 Å². The predicted octanol–water partition coefficient (Wildman–Crippen LogP) is 4.93. The van der Waals surface area contributed by atoms with Gasteiger partial charge in [0.25, 0.3) is 11.8 Å². The highest BCUT2D eigenvalue weighted by Gasteiger charge is 2.26. The lowest BCUT2D eigenvalue weighted by atomic mass is 10.1. The molecule has 0 unspecified atom stereocenters. The maximum absolute atomic E-state index is 13.0. The first-order chi connectivity index (χ1) is 14.2. The van der Waals surface area contributed by atoms with Crippen molar-refractivity contribution in [2.24, 2.45) is 0 Å². The summed E-state index contributed by atoms with van der Waals surface area (Å²) in [5.41, 5.74) is 3.26. The van der Waals surface area contributed by atoms with Gasteiger partial charge in [-0.05, 0) is 49.4 Å². The van der Waals surface area contributed by atoms with Crippen LogP contribution in [-0.4, -0.2) is 27.6 Å². The van der Waals surface area contributed by atoms with E-state index >= 15 is 0 Å². The van der Waals surface area contributed by atoms with Crippen LogP contribution < -0.4 is 4.90 Å². The minimum Gasteiger partial charge on any atom is -0.334 e. The second-order valence-electron chi connectivity index (χ2n) is 6.49. The number of carbonyl (C=O) groups is 1. The zero-order valence-corrected chi connectivity index (χ0v) is 16.4. The Balaban J connectivity index is 1.58. The van der Waals surface area contributed by atoms with Gasteiger partial charge in [-0.15, -0.1) is 0 Å². The van der Waals surface area contributed by atoms with Crippen molar-refractivity contribution in [2.45, 2.75) is 16.7 Å². The third-order valence-corrected chi connectivity index (χ3v) is 5.88. The van der Waals surface area contributed by atoms with E-state index in [1.807, 2.05) is 61.5 Å². The van der Waals surface area contributed by atoms with E-state index in [0.717, 1.165) is 32.2 Å². The van der Waals surface area contributed by atoms with Gasteiger partial charge in [-0.1, -0.05) is 29.1 Å². The SMILES string of the molecule is CCN1C(=O)c2ccccc2Sc2cc(-c3noc(-c4ccncc4)n3)ccc21. The maximum atomic E-state index is 13.0. The zero-order chi connectivity index (χ0) is 19.8. The first-order valence-electron chi connectivity index (χ1n) is 9.22. The average Bonchev–Trinajstić information content (AvgIpc) is 3.22. The van der Waals surface area contributed by atoms with E-state index in [4.69, 9.17) is 4.52 Å². The highest BCUT2D eigenvalue weighted by molar-refractivity contribution is 7.99. The number of fused-ring (bicyclic) bond motifs is 2. The lowest BCUT2D eigenvalue weighted by Crippen LogP contribution is -2.30. The molecule has 0 radical (unpaired) electrons. The Kier molecular flexibility index (Phi) is 4.37. The molecule has 5 rings (SSSR count). The molecule has 1 amide bonds. The number of nitrogens with zero attached hydrogens (tertiary/aromatic N) is 4. The van der Waals surface area contributed by atoms with Crippen LogP contribution in [-0.2, 0) is 0 Å². The predicted molar refractivity (Wildman–Crippen MR) is 111 cm³/mol. The first-order valence-corrected chi connectivity index (χ1v) is 10.0. The molecular formula is C22H16N4O2S. The number of carbonyl (C=O) groups excluding carboxylic acids is 1. The second kappa shape index (κ2) is 7.18. The van der Waals surface area contributed by atoms with Crippen molar-refractivity contribution < 1.29 is 9.32 Å². The molecule has 3 heterocycles. The van der Waals surface area contributed by atoms with E-state index in [1.165, 1.54) is 0 Å². The topological polar surface area (TPSA) is 72.1 Å². The Bertz CT molecular complexity index is 1210. The molecule has 0 fully saturated rings. The molecule has 2 aromatic carbocycles. The van der Waals surface area contributed by atoms with Gasteiger partial charge in [-0.3, -0.25) is 9.78 Å². The van der Waals surface area contributed by atoms with Crippen LogP contribution in [0.4, 0.5) is 5.69 Å². The third kappa shape index (κ3) is 3.09. The number of benzene rings is 2. The van der Waals surface area contributed by atoms with Crippen LogP contribution in [0.25, 0.3) is 22.8 Å². The fourth-order valence-electron chi connectivity index (χ4n) is 3.33. The summed E-state index contributed by atoms with van der Waals surface area (Å²) in [4.78, 5) is 25.3. The molecule has 0 saturated heterocycles. The van der Waals surface area contributed by atoms with Crippen LogP contribution in [0.3, 0.4) is 0 Å². The highest BCUT2D eigenvalue weighted by Crippen LogP contribution is 2.42. The molecule has 0 bridgehead atoms. The standard InChI is InChI=1S/C22H16N4O2S/c1-2-26-17-8-7-15(20-24-21(28-25-20)14-9-11-23-12-10-14)13-19(17)29-18-6-4-3-5-16(18)22(26)27/h3-13H,2H2,1H3. The fraction of sp³-hybridized carbons (Fsp3) is 0.0909. The van der Waals surface area contributed by atoms with Gasteiger partial charge in [0.15, 0.2) is 0 Å². The second-order valence-corrected chi connectivity index (χ2v) is 7.57. The molecule has 0 spiro atoms. The van der Waals surface area contributed by atoms with Crippen LogP contribution in [0, 0.1) is 0 Å². The normalized spacial score (nSPS) is 13.0. The molecule has 2 aromatic heterocycles. The molecule has 7 heteroatoms. The minimum atomic E-state index is 0.0154. The Hall–Kier alpha value is -3.45. The van der Waals surface area contributed by atoms with E-state index in [2.05, 4.69) is 15.1 Å². The van der Waals surface area contributed by atoms with Crippen LogP contribution in [0.2, 0.25) is 0 Å². The van der Waals surface area contributed by atoms with E-state index in [0.29, 0.717) is 18.3 Å². The summed E-state index contributed by atoms with van der Waals surface area (Å²) in [5.74, 6) is 0.967. The monoisotopic (exact) mass is 400 g/mol. The van der Waals surface area contributed by atoms with Crippen molar-refractivity contribution in [1.82, 2.24) is 15.1 Å². The lowest BCUT2D eigenvalue weighted by molar-refractivity contribution is 0.0985. The first kappa shape index (κ1) is 17.6. The number of hydrogen-bond acceptors (Lipinski definition) is 6. The molecule has 1 aliphatic heterocycles. The largest absolute Gasteiger partial charge is 0.334 e. The van der Waals surface area contributed by atoms with Gasteiger partial charge in [-0.2, -0.15) is 4.98 Å². The summed E-state index contributed by atoms with van der Waals surface area (Å²) in [5, 5.41) is 4.14. The summed E-state index contributed by atoms with van der Waals surface area (Å²) < 4.78 is 5.43. The molecule has 0 atom stereocenters. The smallest absolute Gasteiger partial charge is 0.259 e. The molecular weight excluding hydrogens is 384 g/mol. The van der Waals surface area contributed by atoms with E-state index in [9.17, 15) is 4.79 Å². The lowest BCUT2D eigenvalue weighted by Gasteiger charge is -2.21. The van der Waals surface area contributed by atoms with Gasteiger partial charge < -0.3 is 9.42 Å². The number of aromatic nitrogens is 3. The Morgan fingerprint density at radius 3 is 2.66 bits per heavy atom. The Morgan fingerprint density at radius 1 is 1.00 bits per heavy atom. The number of rotatable bonds is 3. The van der Waals surface area contributed by atoms with Gasteiger partial charge in [-0.25, -0.2) is 0 Å². The van der Waals surface area contributed by atoms with Crippen LogP contribution >= 0.6 is 11.8 Å². The zero-order valence-electron chi connectivity index (χ0n) is 15.6. The molecule has 1 aliphatic rings. The molecule has 6 nitrogen and oxygen atoms in total. The van der Waals surface area contributed by atoms with Gasteiger partial charge in [0.2, 0.25) is 5.82 Å². The summed E-state index contributed by atoms with van der Waals surface area (Å²) in [6.45, 7) is 2.57. The van der Waals surface area contributed by atoms with Gasteiger partial charge >= 0.3 is 0 Å². The van der Waals surface area contributed by atoms with Crippen molar-refractivity contribution in [3.63, 3.8) is 0 Å². The molecule has 4 aromatic rings. The van der Waals surface area contributed by atoms with Crippen LogP contribution in [0.15, 0.2) is 81.3 Å².